The minimum atomic E-state index is -1.40. The van der Waals surface area contributed by atoms with Crippen molar-refractivity contribution in [1.82, 2.24) is 0 Å². The molecule has 7 heteroatoms. The molecule has 2 N–H and O–H groups in total. The van der Waals surface area contributed by atoms with Crippen molar-refractivity contribution < 1.29 is 29.4 Å². The highest BCUT2D eigenvalue weighted by Crippen LogP contribution is 2.44. The average Bonchev–Trinajstić information content (AvgIpc) is 2.86. The highest BCUT2D eigenvalue weighted by Gasteiger charge is 2.44. The Balaban J connectivity index is 1.85. The standard InChI is InChI=1S/C27H15ClO6/c28-14-11-9-13(10-12-14)19(20-22(29)15-5-1-3-7-17(15)24(31)26(20)33)21-23(30)16-6-2-4-8-18(16)25(32)27(21)34/h1-12,19,29-30H. The molecule has 0 bridgehead atoms. The van der Waals surface area contributed by atoms with Gasteiger partial charge in [0.15, 0.2) is 0 Å². The molecule has 2 aliphatic rings. The number of hydrogen-bond acceptors (Lipinski definition) is 6. The molecule has 5 rings (SSSR count). The molecule has 0 heterocycles. The van der Waals surface area contributed by atoms with Crippen LogP contribution in [0.15, 0.2) is 83.9 Å². The Morgan fingerprint density at radius 2 is 0.912 bits per heavy atom. The molecule has 0 aromatic heterocycles. The molecule has 0 amide bonds. The predicted octanol–water partition coefficient (Wildman–Crippen LogP) is 4.89. The third-order valence-corrected chi connectivity index (χ3v) is 6.30. The van der Waals surface area contributed by atoms with Crippen LogP contribution in [-0.2, 0) is 9.59 Å². The molecule has 0 saturated carbocycles. The van der Waals surface area contributed by atoms with Crippen molar-refractivity contribution in [1.29, 1.82) is 0 Å². The van der Waals surface area contributed by atoms with Crippen LogP contribution >= 0.6 is 11.6 Å². The maximum Gasteiger partial charge on any atom is 0.234 e. The number of halogens is 1. The highest BCUT2D eigenvalue weighted by molar-refractivity contribution is 6.55. The third-order valence-electron chi connectivity index (χ3n) is 6.05. The molecular formula is C27H15ClO6. The van der Waals surface area contributed by atoms with Crippen molar-refractivity contribution in [3.8, 4) is 0 Å². The van der Waals surface area contributed by atoms with Gasteiger partial charge in [0.25, 0.3) is 0 Å². The van der Waals surface area contributed by atoms with Crippen molar-refractivity contribution in [3.05, 3.63) is 117 Å². The van der Waals surface area contributed by atoms with Gasteiger partial charge in [0, 0.05) is 33.2 Å². The van der Waals surface area contributed by atoms with Gasteiger partial charge < -0.3 is 10.2 Å². The molecule has 3 aromatic carbocycles. The van der Waals surface area contributed by atoms with Crippen molar-refractivity contribution in [2.24, 2.45) is 0 Å². The van der Waals surface area contributed by atoms with Gasteiger partial charge in [-0.05, 0) is 17.7 Å². The molecule has 6 nitrogen and oxygen atoms in total. The lowest BCUT2D eigenvalue weighted by atomic mass is 9.72. The van der Waals surface area contributed by atoms with Crippen molar-refractivity contribution >= 4 is 46.3 Å². The van der Waals surface area contributed by atoms with E-state index in [2.05, 4.69) is 0 Å². The lowest BCUT2D eigenvalue weighted by Crippen LogP contribution is -2.33. The van der Waals surface area contributed by atoms with Crippen LogP contribution in [0.3, 0.4) is 0 Å². The average molecular weight is 471 g/mol. The summed E-state index contributed by atoms with van der Waals surface area (Å²) in [6.45, 7) is 0. The summed E-state index contributed by atoms with van der Waals surface area (Å²) in [4.78, 5) is 52.4. The fraction of sp³-hybridized carbons (Fsp3) is 0.0370. The van der Waals surface area contributed by atoms with Crippen LogP contribution in [0, 0.1) is 0 Å². The number of carbonyl (C=O) groups excluding carboxylic acids is 4. The quantitative estimate of drug-likeness (QED) is 0.527. The lowest BCUT2D eigenvalue weighted by Gasteiger charge is -2.29. The van der Waals surface area contributed by atoms with Gasteiger partial charge in [-0.3, -0.25) is 19.2 Å². The summed E-state index contributed by atoms with van der Waals surface area (Å²) in [6.07, 6.45) is 0. The summed E-state index contributed by atoms with van der Waals surface area (Å²) in [5.41, 5.74) is -0.210. The number of aliphatic hydroxyl groups excluding tert-OH is 2. The molecule has 0 spiro atoms. The minimum Gasteiger partial charge on any atom is -0.507 e. The summed E-state index contributed by atoms with van der Waals surface area (Å²) in [5.74, 6) is -6.19. The minimum absolute atomic E-state index is 0.0261. The fourth-order valence-electron chi connectivity index (χ4n) is 4.44. The van der Waals surface area contributed by atoms with E-state index in [0.29, 0.717) is 5.02 Å². The molecule has 0 saturated heterocycles. The van der Waals surface area contributed by atoms with E-state index in [1.165, 1.54) is 48.5 Å². The van der Waals surface area contributed by atoms with Gasteiger partial charge in [0.05, 0.1) is 11.1 Å². The van der Waals surface area contributed by atoms with Crippen LogP contribution < -0.4 is 0 Å². The number of rotatable bonds is 3. The molecule has 0 fully saturated rings. The molecule has 0 radical (unpaired) electrons. The van der Waals surface area contributed by atoms with Crippen LogP contribution in [-0.4, -0.2) is 33.3 Å². The van der Waals surface area contributed by atoms with Crippen LogP contribution in [0.25, 0.3) is 11.5 Å². The number of fused-ring (bicyclic) bond motifs is 2. The van der Waals surface area contributed by atoms with Gasteiger partial charge >= 0.3 is 0 Å². The first-order valence-corrected chi connectivity index (χ1v) is 10.7. The number of Topliss-reactive ketones (excluding diaryl/α,β-unsaturated/α-hetero) is 4. The molecule has 2 aliphatic carbocycles. The number of allylic oxidation sites excluding steroid dienone is 2. The highest BCUT2D eigenvalue weighted by atomic mass is 35.5. The maximum absolute atomic E-state index is 13.3. The van der Waals surface area contributed by atoms with Crippen LogP contribution in [0.5, 0.6) is 0 Å². The Kier molecular flexibility index (Phi) is 5.03. The molecule has 0 aliphatic heterocycles. The Bertz CT molecular complexity index is 1400. The predicted molar refractivity (Wildman–Crippen MR) is 125 cm³/mol. The van der Waals surface area contributed by atoms with E-state index in [0.717, 1.165) is 0 Å². The fourth-order valence-corrected chi connectivity index (χ4v) is 4.56. The maximum atomic E-state index is 13.3. The van der Waals surface area contributed by atoms with Crippen LogP contribution in [0.1, 0.15) is 43.3 Å². The van der Waals surface area contributed by atoms with Gasteiger partial charge in [0.1, 0.15) is 11.5 Å². The van der Waals surface area contributed by atoms with Gasteiger partial charge in [-0.2, -0.15) is 0 Å². The number of ketones is 4. The number of hydrogen-bond donors (Lipinski definition) is 2. The normalized spacial score (nSPS) is 15.7. The monoisotopic (exact) mass is 470 g/mol. The zero-order valence-corrected chi connectivity index (χ0v) is 18.2. The van der Waals surface area contributed by atoms with Crippen molar-refractivity contribution in [3.63, 3.8) is 0 Å². The lowest BCUT2D eigenvalue weighted by molar-refractivity contribution is -0.112. The van der Waals surface area contributed by atoms with Crippen LogP contribution in [0.2, 0.25) is 5.02 Å². The molecular weight excluding hydrogens is 456 g/mol. The van der Waals surface area contributed by atoms with E-state index in [1.807, 2.05) is 0 Å². The first-order valence-electron chi connectivity index (χ1n) is 10.3. The summed E-state index contributed by atoms with van der Waals surface area (Å²) in [6, 6.07) is 18.1. The van der Waals surface area contributed by atoms with E-state index in [1.54, 1.807) is 24.3 Å². The molecule has 166 valence electrons. The van der Waals surface area contributed by atoms with Crippen molar-refractivity contribution in [2.75, 3.05) is 0 Å². The van der Waals surface area contributed by atoms with Gasteiger partial charge in [-0.1, -0.05) is 72.3 Å². The molecule has 0 unspecified atom stereocenters. The summed E-state index contributed by atoms with van der Waals surface area (Å²) >= 11 is 6.02. The summed E-state index contributed by atoms with van der Waals surface area (Å²) in [5, 5.41) is 22.6. The second kappa shape index (κ2) is 7.93. The first kappa shape index (κ1) is 21.6. The number of aliphatic hydroxyl groups is 2. The Labute approximate surface area is 198 Å². The summed E-state index contributed by atoms with van der Waals surface area (Å²) in [7, 11) is 0. The number of benzene rings is 3. The zero-order chi connectivity index (χ0) is 24.1. The summed E-state index contributed by atoms with van der Waals surface area (Å²) < 4.78 is 0. The van der Waals surface area contributed by atoms with E-state index in [-0.39, 0.29) is 27.8 Å². The first-order chi connectivity index (χ1) is 16.3. The Morgan fingerprint density at radius 3 is 1.32 bits per heavy atom. The largest absolute Gasteiger partial charge is 0.507 e. The smallest absolute Gasteiger partial charge is 0.234 e. The van der Waals surface area contributed by atoms with Gasteiger partial charge in [-0.25, -0.2) is 0 Å². The van der Waals surface area contributed by atoms with E-state index in [9.17, 15) is 29.4 Å². The molecule has 0 atom stereocenters. The zero-order valence-electron chi connectivity index (χ0n) is 17.4. The second-order valence-electron chi connectivity index (χ2n) is 7.92. The topological polar surface area (TPSA) is 109 Å². The molecule has 34 heavy (non-hydrogen) atoms. The van der Waals surface area contributed by atoms with Crippen LogP contribution in [0.4, 0.5) is 0 Å². The van der Waals surface area contributed by atoms with E-state index in [4.69, 9.17) is 11.6 Å². The SMILES string of the molecule is O=C1C(=O)c2ccccc2C(O)=C1C(C1=C(O)c2ccccc2C(=O)C1=O)c1ccc(Cl)cc1. The van der Waals surface area contributed by atoms with Gasteiger partial charge in [-0.15, -0.1) is 0 Å². The third kappa shape index (κ3) is 3.11. The van der Waals surface area contributed by atoms with E-state index < -0.39 is 51.7 Å². The van der Waals surface area contributed by atoms with Gasteiger partial charge in [0.2, 0.25) is 23.1 Å². The van der Waals surface area contributed by atoms with E-state index >= 15 is 0 Å². The molecule has 3 aromatic rings. The Morgan fingerprint density at radius 1 is 0.529 bits per heavy atom. The second-order valence-corrected chi connectivity index (χ2v) is 8.35. The Hall–Kier alpha value is -4.29. The van der Waals surface area contributed by atoms with Crippen molar-refractivity contribution in [2.45, 2.75) is 5.92 Å². The number of carbonyl (C=O) groups is 4.